The summed E-state index contributed by atoms with van der Waals surface area (Å²) >= 11 is 3.38. The molecule has 3 nitrogen and oxygen atoms in total. The predicted octanol–water partition coefficient (Wildman–Crippen LogP) is 3.03. The van der Waals surface area contributed by atoms with E-state index in [-0.39, 0.29) is 0 Å². The normalized spacial score (nSPS) is 12.2. The van der Waals surface area contributed by atoms with Crippen LogP contribution in [0.3, 0.4) is 0 Å². The number of benzene rings is 1. The smallest absolute Gasteiger partial charge is 0.326 e. The predicted molar refractivity (Wildman–Crippen MR) is 64.2 cm³/mol. The molecule has 0 heterocycles. The van der Waals surface area contributed by atoms with Crippen molar-refractivity contribution in [3.8, 4) is 0 Å². The minimum absolute atomic E-state index is 0.539. The molecular formula is C11H14BrNO2. The Hall–Kier alpha value is -1.03. The second-order valence-electron chi connectivity index (χ2n) is 3.43. The fourth-order valence-electron chi connectivity index (χ4n) is 1.28. The van der Waals surface area contributed by atoms with Gasteiger partial charge in [-0.15, -0.1) is 0 Å². The maximum absolute atomic E-state index is 10.9. The van der Waals surface area contributed by atoms with Gasteiger partial charge in [0.25, 0.3) is 0 Å². The number of carboxylic acid groups (broad SMARTS) is 1. The highest BCUT2D eigenvalue weighted by molar-refractivity contribution is 9.10. The van der Waals surface area contributed by atoms with Gasteiger partial charge in [-0.05, 0) is 47.0 Å². The van der Waals surface area contributed by atoms with Gasteiger partial charge in [0.05, 0.1) is 0 Å². The van der Waals surface area contributed by atoms with Gasteiger partial charge in [-0.1, -0.05) is 13.0 Å². The molecule has 0 aromatic heterocycles. The zero-order valence-electron chi connectivity index (χ0n) is 8.75. The van der Waals surface area contributed by atoms with Crippen LogP contribution in [0.2, 0.25) is 0 Å². The molecule has 0 aliphatic carbocycles. The summed E-state index contributed by atoms with van der Waals surface area (Å²) in [6, 6.07) is 5.27. The summed E-state index contributed by atoms with van der Waals surface area (Å²) in [4.78, 5) is 10.9. The van der Waals surface area contributed by atoms with Gasteiger partial charge in [0.15, 0.2) is 0 Å². The lowest BCUT2D eigenvalue weighted by molar-refractivity contribution is -0.137. The van der Waals surface area contributed by atoms with Gasteiger partial charge >= 0.3 is 5.97 Å². The van der Waals surface area contributed by atoms with E-state index in [0.29, 0.717) is 6.42 Å². The summed E-state index contributed by atoms with van der Waals surface area (Å²) in [7, 11) is 0. The van der Waals surface area contributed by atoms with Gasteiger partial charge in [0.2, 0.25) is 0 Å². The number of aryl methyl sites for hydroxylation is 1. The average Bonchev–Trinajstić information content (AvgIpc) is 2.18. The molecule has 0 aliphatic heterocycles. The third kappa shape index (κ3) is 3.23. The topological polar surface area (TPSA) is 49.3 Å². The van der Waals surface area contributed by atoms with Crippen molar-refractivity contribution in [2.75, 3.05) is 5.32 Å². The Bertz CT molecular complexity index is 366. The molecule has 0 spiro atoms. The minimum Gasteiger partial charge on any atom is -0.480 e. The number of halogens is 1. The number of aliphatic carboxylic acids is 1. The summed E-state index contributed by atoms with van der Waals surface area (Å²) in [5.74, 6) is -0.828. The van der Waals surface area contributed by atoms with Gasteiger partial charge in [0, 0.05) is 10.2 Å². The fraction of sp³-hybridized carbons (Fsp3) is 0.364. The Morgan fingerprint density at radius 1 is 1.60 bits per heavy atom. The van der Waals surface area contributed by atoms with Crippen molar-refractivity contribution < 1.29 is 9.90 Å². The monoisotopic (exact) mass is 271 g/mol. The van der Waals surface area contributed by atoms with E-state index in [1.54, 1.807) is 0 Å². The van der Waals surface area contributed by atoms with Gasteiger partial charge in [-0.25, -0.2) is 4.79 Å². The number of carboxylic acids is 1. The highest BCUT2D eigenvalue weighted by Crippen LogP contribution is 2.24. The molecule has 0 saturated carbocycles. The lowest BCUT2D eigenvalue weighted by Gasteiger charge is -2.15. The van der Waals surface area contributed by atoms with Crippen LogP contribution in [0, 0.1) is 6.92 Å². The van der Waals surface area contributed by atoms with Crippen molar-refractivity contribution in [2.45, 2.75) is 26.3 Å². The van der Waals surface area contributed by atoms with Crippen LogP contribution in [0.5, 0.6) is 0 Å². The van der Waals surface area contributed by atoms with Crippen LogP contribution >= 0.6 is 15.9 Å². The molecule has 1 atom stereocenters. The molecule has 1 aromatic rings. The second-order valence-corrected chi connectivity index (χ2v) is 4.28. The molecule has 15 heavy (non-hydrogen) atoms. The van der Waals surface area contributed by atoms with Gasteiger partial charge in [-0.3, -0.25) is 0 Å². The van der Waals surface area contributed by atoms with E-state index in [2.05, 4.69) is 21.2 Å². The molecule has 1 aromatic carbocycles. The van der Waals surface area contributed by atoms with Crippen molar-refractivity contribution in [2.24, 2.45) is 0 Å². The third-order valence-corrected chi connectivity index (χ3v) is 2.85. The average molecular weight is 272 g/mol. The quantitative estimate of drug-likeness (QED) is 0.885. The molecule has 0 bridgehead atoms. The summed E-state index contributed by atoms with van der Waals surface area (Å²) < 4.78 is 0.882. The first-order valence-corrected chi connectivity index (χ1v) is 5.59. The Labute approximate surface area is 97.6 Å². The molecule has 0 aliphatic rings. The van der Waals surface area contributed by atoms with E-state index < -0.39 is 12.0 Å². The molecule has 4 heteroatoms. The Morgan fingerprint density at radius 3 is 2.80 bits per heavy atom. The van der Waals surface area contributed by atoms with E-state index >= 15 is 0 Å². The van der Waals surface area contributed by atoms with E-state index in [1.165, 1.54) is 0 Å². The molecular weight excluding hydrogens is 258 g/mol. The second kappa shape index (κ2) is 5.16. The number of nitrogens with one attached hydrogen (secondary N) is 1. The lowest BCUT2D eigenvalue weighted by Crippen LogP contribution is -2.28. The van der Waals surface area contributed by atoms with Crippen LogP contribution < -0.4 is 5.32 Å². The summed E-state index contributed by atoms with van der Waals surface area (Å²) in [5, 5.41) is 11.9. The van der Waals surface area contributed by atoms with Crippen molar-refractivity contribution in [3.63, 3.8) is 0 Å². The van der Waals surface area contributed by atoms with Crippen LogP contribution in [0.1, 0.15) is 18.9 Å². The summed E-state index contributed by atoms with van der Waals surface area (Å²) in [6.07, 6.45) is 0.551. The molecule has 0 saturated heterocycles. The number of carbonyl (C=O) groups is 1. The molecule has 82 valence electrons. The fourth-order valence-corrected chi connectivity index (χ4v) is 1.64. The van der Waals surface area contributed by atoms with Crippen LogP contribution in [-0.2, 0) is 4.79 Å². The lowest BCUT2D eigenvalue weighted by atomic mass is 10.2. The summed E-state index contributed by atoms with van der Waals surface area (Å²) in [6.45, 7) is 3.81. The molecule has 1 rings (SSSR count). The van der Waals surface area contributed by atoms with Crippen molar-refractivity contribution in [1.82, 2.24) is 0 Å². The SMILES string of the molecule is CCC(Nc1cc(C)ccc1Br)C(=O)O. The largest absolute Gasteiger partial charge is 0.480 e. The number of hydrogen-bond acceptors (Lipinski definition) is 2. The van der Waals surface area contributed by atoms with Crippen molar-refractivity contribution in [1.29, 1.82) is 0 Å². The van der Waals surface area contributed by atoms with Crippen LogP contribution in [0.25, 0.3) is 0 Å². The van der Waals surface area contributed by atoms with Gasteiger partial charge < -0.3 is 10.4 Å². The number of hydrogen-bond donors (Lipinski definition) is 2. The molecule has 0 radical (unpaired) electrons. The standard InChI is InChI=1S/C11H14BrNO2/c1-3-9(11(14)15)13-10-6-7(2)4-5-8(10)12/h4-6,9,13H,3H2,1-2H3,(H,14,15). The molecule has 2 N–H and O–H groups in total. The minimum atomic E-state index is -0.828. The Balaban J connectivity index is 2.87. The first kappa shape index (κ1) is 12.0. The van der Waals surface area contributed by atoms with Crippen molar-refractivity contribution in [3.05, 3.63) is 28.2 Å². The van der Waals surface area contributed by atoms with Gasteiger partial charge in [0.1, 0.15) is 6.04 Å². The summed E-state index contributed by atoms with van der Waals surface area (Å²) in [5.41, 5.74) is 1.92. The Kier molecular flexibility index (Phi) is 4.15. The maximum atomic E-state index is 10.9. The third-order valence-electron chi connectivity index (χ3n) is 2.16. The highest BCUT2D eigenvalue weighted by atomic mass is 79.9. The van der Waals surface area contributed by atoms with Crippen LogP contribution in [-0.4, -0.2) is 17.1 Å². The number of anilines is 1. The maximum Gasteiger partial charge on any atom is 0.326 e. The van der Waals surface area contributed by atoms with Crippen LogP contribution in [0.15, 0.2) is 22.7 Å². The number of rotatable bonds is 4. The first-order valence-electron chi connectivity index (χ1n) is 4.80. The van der Waals surface area contributed by atoms with E-state index in [0.717, 1.165) is 15.7 Å². The molecule has 0 amide bonds. The molecule has 1 unspecified atom stereocenters. The van der Waals surface area contributed by atoms with Gasteiger partial charge in [-0.2, -0.15) is 0 Å². The zero-order valence-corrected chi connectivity index (χ0v) is 10.3. The van der Waals surface area contributed by atoms with Crippen molar-refractivity contribution >= 4 is 27.6 Å². The van der Waals surface area contributed by atoms with E-state index in [1.807, 2.05) is 32.0 Å². The zero-order chi connectivity index (χ0) is 11.4. The van der Waals surface area contributed by atoms with Crippen LogP contribution in [0.4, 0.5) is 5.69 Å². The Morgan fingerprint density at radius 2 is 2.27 bits per heavy atom. The van der Waals surface area contributed by atoms with E-state index in [9.17, 15) is 4.79 Å². The molecule has 0 fully saturated rings. The highest BCUT2D eigenvalue weighted by Gasteiger charge is 2.15. The first-order chi connectivity index (χ1) is 7.04. The van der Waals surface area contributed by atoms with E-state index in [4.69, 9.17) is 5.11 Å².